The molecule has 1 aromatic carbocycles. The van der Waals surface area contributed by atoms with Gasteiger partial charge >= 0.3 is 24.0 Å². The van der Waals surface area contributed by atoms with Gasteiger partial charge in [0.05, 0.1) is 30.4 Å². The van der Waals surface area contributed by atoms with Gasteiger partial charge in [-0.1, -0.05) is 5.16 Å². The second kappa shape index (κ2) is 9.11. The number of fused-ring (bicyclic) bond motifs is 6. The Morgan fingerprint density at radius 3 is 2.44 bits per heavy atom. The van der Waals surface area contributed by atoms with Crippen LogP contribution in [0.2, 0.25) is 0 Å². The molecule has 4 atom stereocenters. The zero-order chi connectivity index (χ0) is 26.4. The van der Waals surface area contributed by atoms with E-state index in [2.05, 4.69) is 9.99 Å². The molecule has 2 saturated heterocycles. The maximum Gasteiger partial charge on any atom is 0.404 e. The van der Waals surface area contributed by atoms with E-state index in [9.17, 15) is 24.0 Å². The van der Waals surface area contributed by atoms with Gasteiger partial charge in [-0.25, -0.2) is 19.5 Å². The van der Waals surface area contributed by atoms with Crippen LogP contribution in [-0.2, 0) is 38.3 Å². The number of primary amides is 1. The second-order valence-electron chi connectivity index (χ2n) is 8.45. The van der Waals surface area contributed by atoms with E-state index in [1.807, 2.05) is 0 Å². The van der Waals surface area contributed by atoms with Crippen LogP contribution in [0.4, 0.5) is 10.5 Å². The molecule has 4 rings (SSSR count). The molecule has 0 saturated carbocycles. The lowest BCUT2D eigenvalue weighted by molar-refractivity contribution is -0.265. The smallest absolute Gasteiger partial charge is 0.404 e. The Kier molecular flexibility index (Phi) is 6.30. The van der Waals surface area contributed by atoms with Gasteiger partial charge in [0.15, 0.2) is 0 Å². The molecule has 2 N–H and O–H groups in total. The summed E-state index contributed by atoms with van der Waals surface area (Å²) in [5.74, 6) is -5.11. The van der Waals surface area contributed by atoms with Crippen molar-refractivity contribution in [2.45, 2.75) is 51.5 Å². The number of hydroxylamine groups is 1. The van der Waals surface area contributed by atoms with E-state index in [4.69, 9.17) is 24.8 Å². The number of nitrogens with zero attached hydrogens (tertiary/aromatic N) is 3. The third-order valence-corrected chi connectivity index (χ3v) is 5.89. The molecule has 14 nitrogen and oxygen atoms in total. The number of hydrogen-bond donors (Lipinski definition) is 1. The van der Waals surface area contributed by atoms with Crippen LogP contribution in [0, 0.1) is 0 Å². The number of anilines is 1. The number of oxime groups is 1. The van der Waals surface area contributed by atoms with Gasteiger partial charge in [-0.3, -0.25) is 14.4 Å². The van der Waals surface area contributed by atoms with E-state index >= 15 is 0 Å². The minimum Gasteiger partial charge on any atom is -0.449 e. The fourth-order valence-corrected chi connectivity index (χ4v) is 4.82. The number of carbonyl (C=O) groups is 5. The molecule has 0 radical (unpaired) electrons. The number of nitrogens with two attached hydrogens (primary N) is 1. The highest BCUT2D eigenvalue weighted by molar-refractivity contribution is 5.86. The Morgan fingerprint density at radius 2 is 1.86 bits per heavy atom. The van der Waals surface area contributed by atoms with Gasteiger partial charge in [-0.2, -0.15) is 0 Å². The van der Waals surface area contributed by atoms with Crippen molar-refractivity contribution >= 4 is 41.8 Å². The second-order valence-corrected chi connectivity index (χ2v) is 8.45. The van der Waals surface area contributed by atoms with Gasteiger partial charge in [0.1, 0.15) is 18.4 Å². The van der Waals surface area contributed by atoms with E-state index in [0.29, 0.717) is 16.8 Å². The van der Waals surface area contributed by atoms with Gasteiger partial charge in [0, 0.05) is 38.8 Å². The van der Waals surface area contributed by atoms with Crippen LogP contribution < -0.4 is 15.5 Å². The molecule has 0 aliphatic carbocycles. The molecule has 3 heterocycles. The fourth-order valence-electron chi connectivity index (χ4n) is 4.82. The minimum atomic E-state index is -1.80. The number of amides is 2. The molecule has 2 bridgehead atoms. The Hall–Kier alpha value is -4.20. The highest BCUT2D eigenvalue weighted by Gasteiger charge is 2.73. The molecular formula is C22H24N4O10. The summed E-state index contributed by atoms with van der Waals surface area (Å²) in [5, 5.41) is 5.01. The van der Waals surface area contributed by atoms with Crippen molar-refractivity contribution in [2.24, 2.45) is 10.9 Å². The third-order valence-electron chi connectivity index (χ3n) is 5.89. The van der Waals surface area contributed by atoms with Crippen molar-refractivity contribution in [2.75, 3.05) is 18.2 Å². The van der Waals surface area contributed by atoms with Crippen molar-refractivity contribution in [3.63, 3.8) is 0 Å². The molecular weight excluding hydrogens is 480 g/mol. The third kappa shape index (κ3) is 4.42. The van der Waals surface area contributed by atoms with Gasteiger partial charge in [-0.05, 0) is 12.1 Å². The topological polar surface area (TPSA) is 176 Å². The largest absolute Gasteiger partial charge is 0.449 e. The van der Waals surface area contributed by atoms with Crippen LogP contribution in [0.25, 0.3) is 0 Å². The van der Waals surface area contributed by atoms with Crippen molar-refractivity contribution in [3.8, 4) is 5.75 Å². The fraction of sp³-hybridized carbons (Fsp3) is 0.455. The molecule has 3 aliphatic heterocycles. The van der Waals surface area contributed by atoms with E-state index in [1.54, 1.807) is 6.07 Å². The first-order valence-electron chi connectivity index (χ1n) is 10.9. The van der Waals surface area contributed by atoms with E-state index in [1.165, 1.54) is 49.9 Å². The summed E-state index contributed by atoms with van der Waals surface area (Å²) < 4.78 is 16.3. The van der Waals surface area contributed by atoms with Gasteiger partial charge in [-0.15, -0.1) is 0 Å². The maximum atomic E-state index is 12.4. The van der Waals surface area contributed by atoms with Crippen molar-refractivity contribution in [3.05, 3.63) is 23.3 Å². The van der Waals surface area contributed by atoms with Gasteiger partial charge in [0.2, 0.25) is 5.91 Å². The highest BCUT2D eigenvalue weighted by atomic mass is 16.8. The van der Waals surface area contributed by atoms with Crippen molar-refractivity contribution in [1.82, 2.24) is 4.90 Å². The predicted octanol–water partition coefficient (Wildman–Crippen LogP) is 0.312. The van der Waals surface area contributed by atoms with Crippen molar-refractivity contribution < 1.29 is 47.9 Å². The van der Waals surface area contributed by atoms with E-state index in [0.717, 1.165) is 0 Å². The number of esters is 2. The summed E-state index contributed by atoms with van der Waals surface area (Å²) in [7, 11) is 0. The van der Waals surface area contributed by atoms with Crippen LogP contribution in [0.15, 0.2) is 17.3 Å². The molecule has 192 valence electrons. The molecule has 3 aliphatic rings. The zero-order valence-electron chi connectivity index (χ0n) is 19.9. The Bertz CT molecular complexity index is 1180. The zero-order valence-corrected chi connectivity index (χ0v) is 19.9. The van der Waals surface area contributed by atoms with Crippen LogP contribution >= 0.6 is 0 Å². The highest BCUT2D eigenvalue weighted by Crippen LogP contribution is 2.58. The minimum absolute atomic E-state index is 0.0284. The molecule has 0 aromatic heterocycles. The molecule has 14 heteroatoms. The maximum absolute atomic E-state index is 12.4. The lowest BCUT2D eigenvalue weighted by Crippen LogP contribution is -2.61. The van der Waals surface area contributed by atoms with E-state index in [-0.39, 0.29) is 24.2 Å². The Labute approximate surface area is 204 Å². The van der Waals surface area contributed by atoms with E-state index < -0.39 is 48.4 Å². The number of ether oxygens (including phenoxy) is 3. The monoisotopic (exact) mass is 504 g/mol. The van der Waals surface area contributed by atoms with Crippen molar-refractivity contribution in [1.29, 1.82) is 0 Å². The Balaban J connectivity index is 1.91. The summed E-state index contributed by atoms with van der Waals surface area (Å²) in [6.07, 6.45) is 0.131. The first-order chi connectivity index (χ1) is 16.9. The molecule has 2 amide bonds. The Morgan fingerprint density at radius 1 is 1.14 bits per heavy atom. The van der Waals surface area contributed by atoms with Gasteiger partial charge in [0.25, 0.3) is 5.79 Å². The molecule has 4 unspecified atom stereocenters. The standard InChI is InChI=1S/C22H24N4O10/c1-10(27)26-17-8-25-16-5-14(7-24-35-13(4)30)6-18(33-11(2)28)19(16)15(9-32-21(23)31)22(36-25,20(17)26)34-12(3)29/h5-7,15,17,20H,8-9H2,1-4H3,(H2,23,31). The number of carbonyl (C=O) groups excluding carboxylic acids is 5. The van der Waals surface area contributed by atoms with Crippen LogP contribution in [0.3, 0.4) is 0 Å². The molecule has 36 heavy (non-hydrogen) atoms. The van der Waals surface area contributed by atoms with Crippen LogP contribution in [0.5, 0.6) is 5.75 Å². The molecule has 2 fully saturated rings. The predicted molar refractivity (Wildman–Crippen MR) is 118 cm³/mol. The molecule has 1 aromatic rings. The van der Waals surface area contributed by atoms with Gasteiger partial charge < -0.3 is 29.7 Å². The quantitative estimate of drug-likeness (QED) is 0.141. The average molecular weight is 504 g/mol. The SMILES string of the molecule is CC(=O)ON=Cc1cc(OC(C)=O)c2c(c1)N1CC3C(N3C(C)=O)C(OC(C)=O)(O1)C2COC(N)=O. The summed E-state index contributed by atoms with van der Waals surface area (Å²) in [5.41, 5.74) is 6.27. The van der Waals surface area contributed by atoms with Crippen LogP contribution in [-0.4, -0.2) is 72.0 Å². The number of hydrogen-bond acceptors (Lipinski definition) is 12. The first kappa shape index (κ1) is 24.9. The van der Waals surface area contributed by atoms with Crippen LogP contribution in [0.1, 0.15) is 44.7 Å². The summed E-state index contributed by atoms with van der Waals surface area (Å²) in [6, 6.07) is 1.97. The normalized spacial score (nSPS) is 25.4. The summed E-state index contributed by atoms with van der Waals surface area (Å²) >= 11 is 0. The lowest BCUT2D eigenvalue weighted by atomic mass is 9.82. The lowest BCUT2D eigenvalue weighted by Gasteiger charge is -2.49. The number of benzene rings is 1. The average Bonchev–Trinajstić information content (AvgIpc) is 3.48. The molecule has 0 spiro atoms. The summed E-state index contributed by atoms with van der Waals surface area (Å²) in [4.78, 5) is 71.5. The first-order valence-corrected chi connectivity index (χ1v) is 10.9. The summed E-state index contributed by atoms with van der Waals surface area (Å²) in [6.45, 7) is 4.70. The number of rotatable bonds is 6.